The quantitative estimate of drug-likeness (QED) is 0.0396. The fraction of sp³-hybridized carbons (Fsp3) is 0.250. The number of rotatable bonds is 24. The molecule has 0 spiro atoms. The van der Waals surface area contributed by atoms with Crippen molar-refractivity contribution in [3.05, 3.63) is 180 Å². The molecule has 1 aliphatic rings. The molecule has 1 aliphatic heterocycles. The SMILES string of the molecule is OCCCCc1ccccc1OP1(Oc2ccccc2CCCCO)(Oc2ccccc2CCCCO)N=PN(Oc2ccccc2)P(Oc2ccccc2)N1Oc1ccccc1. The van der Waals surface area contributed by atoms with Crippen LogP contribution in [0.3, 0.4) is 0 Å². The van der Waals surface area contributed by atoms with E-state index in [1.165, 1.54) is 4.60 Å². The molecule has 0 bridgehead atoms. The summed E-state index contributed by atoms with van der Waals surface area (Å²) >= 11 is 0. The molecule has 330 valence electrons. The molecule has 0 saturated heterocycles. The zero-order valence-electron chi connectivity index (χ0n) is 35.0. The van der Waals surface area contributed by atoms with Gasteiger partial charge >= 0.3 is 374 Å². The molecule has 1 unspecified atom stereocenters. The molecule has 0 saturated carbocycles. The summed E-state index contributed by atoms with van der Waals surface area (Å²) in [7, 11) is -7.68. The summed E-state index contributed by atoms with van der Waals surface area (Å²) in [4.78, 5) is 13.8. The number of unbranched alkanes of at least 4 members (excludes halogenated alkanes) is 3. The first-order chi connectivity index (χ1) is 31.0. The van der Waals surface area contributed by atoms with Crippen LogP contribution in [-0.4, -0.2) is 44.3 Å². The van der Waals surface area contributed by atoms with Gasteiger partial charge in [-0.1, -0.05) is 0 Å². The summed E-state index contributed by atoms with van der Waals surface area (Å²) in [6, 6.07) is 51.2. The molecule has 1 atom stereocenters. The zero-order chi connectivity index (χ0) is 43.6. The normalized spacial score (nSPS) is 16.6. The minimum atomic E-state index is -5.58. The predicted octanol–water partition coefficient (Wildman–Crippen LogP) is 12.3. The third-order valence-electron chi connectivity index (χ3n) is 9.88. The molecule has 0 aromatic heterocycles. The Morgan fingerprint density at radius 2 is 0.810 bits per heavy atom. The summed E-state index contributed by atoms with van der Waals surface area (Å²) < 4.78 is 38.6. The van der Waals surface area contributed by atoms with Crippen molar-refractivity contribution in [3.63, 3.8) is 0 Å². The van der Waals surface area contributed by atoms with Gasteiger partial charge in [0.15, 0.2) is 0 Å². The molecule has 0 fully saturated rings. The first-order valence-electron chi connectivity index (χ1n) is 21.2. The summed E-state index contributed by atoms with van der Waals surface area (Å²) in [6.45, 7) is 0.167. The monoisotopic (exact) mass is 909 g/mol. The molecule has 15 heteroatoms. The molecule has 63 heavy (non-hydrogen) atoms. The van der Waals surface area contributed by atoms with Gasteiger partial charge in [0, 0.05) is 0 Å². The summed E-state index contributed by atoms with van der Waals surface area (Å²) in [5.74, 6) is 2.79. The van der Waals surface area contributed by atoms with Gasteiger partial charge < -0.3 is 0 Å². The van der Waals surface area contributed by atoms with Crippen LogP contribution in [0.1, 0.15) is 55.2 Å². The van der Waals surface area contributed by atoms with E-state index in [9.17, 15) is 15.3 Å². The van der Waals surface area contributed by atoms with Gasteiger partial charge in [-0.2, -0.15) is 0 Å². The Hall–Kier alpha value is -5.12. The van der Waals surface area contributed by atoms with Crippen LogP contribution in [0.25, 0.3) is 0 Å². The molecule has 1 heterocycles. The number of aliphatic hydroxyl groups is 3. The average molecular weight is 910 g/mol. The Balaban J connectivity index is 1.55. The minimum absolute atomic E-state index is 0.0557. The van der Waals surface area contributed by atoms with E-state index in [1.807, 2.05) is 164 Å². The van der Waals surface area contributed by atoms with Crippen LogP contribution in [0.4, 0.5) is 0 Å². The molecule has 6 aromatic rings. The Bertz CT molecular complexity index is 2200. The number of hydrogen-bond acceptors (Lipinski definition) is 12. The van der Waals surface area contributed by atoms with Gasteiger partial charge in [-0.05, 0) is 0 Å². The van der Waals surface area contributed by atoms with E-state index in [-0.39, 0.29) is 28.3 Å². The fourth-order valence-corrected chi connectivity index (χ4v) is 14.5. The Morgan fingerprint density at radius 3 is 1.22 bits per heavy atom. The first-order valence-corrected chi connectivity index (χ1v) is 25.1. The van der Waals surface area contributed by atoms with Gasteiger partial charge in [0.05, 0.1) is 0 Å². The first kappa shape index (κ1) is 45.9. The number of aliphatic hydroxyl groups excluding tert-OH is 3. The van der Waals surface area contributed by atoms with Gasteiger partial charge in [0.25, 0.3) is 0 Å². The second-order valence-electron chi connectivity index (χ2n) is 14.6. The Labute approximate surface area is 372 Å². The second kappa shape index (κ2) is 23.0. The van der Waals surface area contributed by atoms with Crippen molar-refractivity contribution in [1.82, 2.24) is 9.21 Å². The van der Waals surface area contributed by atoms with Gasteiger partial charge in [-0.25, -0.2) is 0 Å². The molecule has 3 N–H and O–H groups in total. The maximum absolute atomic E-state index is 9.79. The van der Waals surface area contributed by atoms with E-state index >= 15 is 0 Å². The fourth-order valence-electron chi connectivity index (χ4n) is 6.72. The molecule has 7 rings (SSSR count). The third-order valence-corrected chi connectivity index (χ3v) is 17.0. The molecule has 12 nitrogen and oxygen atoms in total. The van der Waals surface area contributed by atoms with E-state index in [0.717, 1.165) is 16.7 Å². The van der Waals surface area contributed by atoms with Crippen molar-refractivity contribution in [2.24, 2.45) is 4.52 Å². The van der Waals surface area contributed by atoms with Crippen molar-refractivity contribution in [2.75, 3.05) is 19.8 Å². The molecular formula is C48H54N3O9P3. The summed E-state index contributed by atoms with van der Waals surface area (Å²) in [5, 5.41) is 29.4. The van der Waals surface area contributed by atoms with Crippen molar-refractivity contribution < 1.29 is 43.1 Å². The van der Waals surface area contributed by atoms with E-state index < -0.39 is 16.0 Å². The van der Waals surface area contributed by atoms with Crippen LogP contribution >= 0.6 is 24.6 Å². The molecular weight excluding hydrogens is 855 g/mol. The van der Waals surface area contributed by atoms with Gasteiger partial charge in [0.2, 0.25) is 0 Å². The van der Waals surface area contributed by atoms with Crippen LogP contribution < -0.4 is 27.8 Å². The van der Waals surface area contributed by atoms with E-state index in [2.05, 4.69) is 0 Å². The third kappa shape index (κ3) is 11.9. The standard InChI is InChI=1S/C48H54N3O9P3/c52-37-19-16-25-40-22-10-13-34-46(40)58-63(59-47-35-14-11-23-41(47)26-17-20-38-53,60-48-36-15-12-24-42(48)27-18-21-39-54)49-61-50(55-43-28-4-1-5-29-43)62(57-45-32-8-3-9-33-45)51(63)56-44-30-6-2-7-31-44/h1-15,22-24,28-36,52-54H,16-21,25-27,37-39H2. The van der Waals surface area contributed by atoms with Crippen molar-refractivity contribution in [1.29, 1.82) is 0 Å². The number of para-hydroxylation sites is 6. The van der Waals surface area contributed by atoms with Crippen LogP contribution in [-0.2, 0) is 19.3 Å². The van der Waals surface area contributed by atoms with E-state index in [0.29, 0.717) is 92.3 Å². The Kier molecular flexibility index (Phi) is 16.8. The number of benzene rings is 6. The molecule has 6 aromatic carbocycles. The number of hydrogen-bond donors (Lipinski definition) is 3. The topological polar surface area (TPSA) is 135 Å². The molecule has 0 aliphatic carbocycles. The predicted molar refractivity (Wildman–Crippen MR) is 249 cm³/mol. The second-order valence-corrected chi connectivity index (χ2v) is 20.4. The Morgan fingerprint density at radius 1 is 0.444 bits per heavy atom. The van der Waals surface area contributed by atoms with Gasteiger partial charge in [-0.15, -0.1) is 0 Å². The summed E-state index contributed by atoms with van der Waals surface area (Å²) in [5.41, 5.74) is 2.53. The van der Waals surface area contributed by atoms with Crippen LogP contribution in [0.15, 0.2) is 168 Å². The van der Waals surface area contributed by atoms with Gasteiger partial charge in [0.1, 0.15) is 0 Å². The van der Waals surface area contributed by atoms with E-state index in [1.54, 1.807) is 4.60 Å². The van der Waals surface area contributed by atoms with Crippen molar-refractivity contribution in [3.8, 4) is 34.5 Å². The average Bonchev–Trinajstić information content (AvgIpc) is 3.32. The van der Waals surface area contributed by atoms with Crippen molar-refractivity contribution in [2.45, 2.75) is 57.8 Å². The van der Waals surface area contributed by atoms with Gasteiger partial charge in [-0.3, -0.25) is 0 Å². The van der Waals surface area contributed by atoms with Crippen LogP contribution in [0.2, 0.25) is 0 Å². The van der Waals surface area contributed by atoms with Crippen molar-refractivity contribution >= 4 is 24.6 Å². The number of aryl methyl sites for hydroxylation is 3. The van der Waals surface area contributed by atoms with E-state index in [4.69, 9.17) is 32.3 Å². The maximum atomic E-state index is 9.79. The molecule has 0 amide bonds. The molecule has 0 radical (unpaired) electrons. The summed E-state index contributed by atoms with van der Waals surface area (Å²) in [6.07, 6.45) is 5.61. The number of nitrogens with zero attached hydrogens (tertiary/aromatic N) is 3. The zero-order valence-corrected chi connectivity index (χ0v) is 37.7. The van der Waals surface area contributed by atoms with Crippen LogP contribution in [0, 0.1) is 0 Å². The van der Waals surface area contributed by atoms with Crippen LogP contribution in [0.5, 0.6) is 34.5 Å².